The summed E-state index contributed by atoms with van der Waals surface area (Å²) in [6.07, 6.45) is 2.66. The van der Waals surface area contributed by atoms with Gasteiger partial charge in [-0.1, -0.05) is 27.7 Å². The Morgan fingerprint density at radius 3 is 2.25 bits per heavy atom. The maximum Gasteiger partial charge on any atom is 0.220 e. The fourth-order valence-corrected chi connectivity index (χ4v) is 1.76. The maximum atomic E-state index is 11.6. The Labute approximate surface area is 100 Å². The Kier molecular flexibility index (Phi) is 8.26. The van der Waals surface area contributed by atoms with Gasteiger partial charge in [0.2, 0.25) is 5.91 Å². The highest BCUT2D eigenvalue weighted by atomic mass is 16.1. The van der Waals surface area contributed by atoms with Crippen molar-refractivity contribution in [3.63, 3.8) is 0 Å². The first-order valence-electron chi connectivity index (χ1n) is 6.42. The van der Waals surface area contributed by atoms with E-state index in [9.17, 15) is 4.79 Å². The van der Waals surface area contributed by atoms with E-state index in [-0.39, 0.29) is 5.91 Å². The van der Waals surface area contributed by atoms with Gasteiger partial charge in [0.15, 0.2) is 0 Å². The number of carbonyl (C=O) groups is 1. The van der Waals surface area contributed by atoms with Gasteiger partial charge < -0.3 is 11.1 Å². The van der Waals surface area contributed by atoms with Crippen molar-refractivity contribution in [1.82, 2.24) is 5.32 Å². The van der Waals surface area contributed by atoms with Crippen LogP contribution in [0.5, 0.6) is 0 Å². The van der Waals surface area contributed by atoms with Gasteiger partial charge in [0.05, 0.1) is 0 Å². The third kappa shape index (κ3) is 8.72. The van der Waals surface area contributed by atoms with E-state index in [1.54, 1.807) is 0 Å². The quantitative estimate of drug-likeness (QED) is 0.669. The van der Waals surface area contributed by atoms with Crippen molar-refractivity contribution in [2.24, 2.45) is 23.5 Å². The minimum atomic E-state index is 0.150. The minimum absolute atomic E-state index is 0.150. The normalized spacial score (nSPS) is 13.2. The highest BCUT2D eigenvalue weighted by Gasteiger charge is 2.13. The Hall–Kier alpha value is -0.570. The first kappa shape index (κ1) is 15.4. The van der Waals surface area contributed by atoms with Gasteiger partial charge in [0.25, 0.3) is 0 Å². The number of carbonyl (C=O) groups excluding carboxylic acids is 1. The number of nitrogens with two attached hydrogens (primary N) is 1. The highest BCUT2D eigenvalue weighted by molar-refractivity contribution is 5.76. The molecular formula is C13H28N2O. The molecule has 0 aliphatic carbocycles. The van der Waals surface area contributed by atoms with Crippen molar-refractivity contribution < 1.29 is 4.79 Å². The molecule has 0 bridgehead atoms. The standard InChI is InChI=1S/C13H28N2O/c1-10(2)5-6-15-13(16)8-12(9-14)7-11(3)4/h10-12H,5-9,14H2,1-4H3,(H,15,16)/t12-/m0/s1. The second-order valence-electron chi connectivity index (χ2n) is 5.47. The van der Waals surface area contributed by atoms with Crippen LogP contribution in [-0.2, 0) is 4.79 Å². The summed E-state index contributed by atoms with van der Waals surface area (Å²) in [5.41, 5.74) is 5.67. The molecule has 0 spiro atoms. The molecule has 96 valence electrons. The number of nitrogens with one attached hydrogen (secondary N) is 1. The fourth-order valence-electron chi connectivity index (χ4n) is 1.76. The van der Waals surface area contributed by atoms with Crippen molar-refractivity contribution in [2.45, 2.75) is 47.0 Å². The molecule has 0 rings (SSSR count). The molecule has 3 N–H and O–H groups in total. The molecule has 3 nitrogen and oxygen atoms in total. The first-order chi connectivity index (χ1) is 7.45. The SMILES string of the molecule is CC(C)CCNC(=O)C[C@@H](CN)CC(C)C. The van der Waals surface area contributed by atoms with E-state index >= 15 is 0 Å². The largest absolute Gasteiger partial charge is 0.356 e. The molecule has 0 saturated carbocycles. The Bertz CT molecular complexity index is 190. The van der Waals surface area contributed by atoms with E-state index in [1.165, 1.54) is 0 Å². The molecule has 0 aromatic heterocycles. The summed E-state index contributed by atoms with van der Waals surface area (Å²) in [7, 11) is 0. The molecule has 3 heteroatoms. The van der Waals surface area contributed by atoms with E-state index in [0.717, 1.165) is 19.4 Å². The van der Waals surface area contributed by atoms with Crippen molar-refractivity contribution in [2.75, 3.05) is 13.1 Å². The number of hydrogen-bond acceptors (Lipinski definition) is 2. The monoisotopic (exact) mass is 228 g/mol. The number of rotatable bonds is 8. The molecule has 0 heterocycles. The molecule has 1 amide bonds. The van der Waals surface area contributed by atoms with Crippen LogP contribution in [0.25, 0.3) is 0 Å². The minimum Gasteiger partial charge on any atom is -0.356 e. The van der Waals surface area contributed by atoms with Crippen LogP contribution >= 0.6 is 0 Å². The summed E-state index contributed by atoms with van der Waals surface area (Å²) in [5, 5.41) is 2.96. The molecule has 0 aromatic rings. The lowest BCUT2D eigenvalue weighted by molar-refractivity contribution is -0.122. The van der Waals surface area contributed by atoms with Gasteiger partial charge in [0, 0.05) is 13.0 Å². The number of amides is 1. The summed E-state index contributed by atoms with van der Waals surface area (Å²) >= 11 is 0. The van der Waals surface area contributed by atoms with Crippen LogP contribution in [0.3, 0.4) is 0 Å². The van der Waals surface area contributed by atoms with Crippen molar-refractivity contribution in [3.05, 3.63) is 0 Å². The summed E-state index contributed by atoms with van der Waals surface area (Å²) in [4.78, 5) is 11.6. The average Bonchev–Trinajstić information content (AvgIpc) is 2.15. The van der Waals surface area contributed by atoms with E-state index in [0.29, 0.717) is 30.7 Å². The Morgan fingerprint density at radius 1 is 1.19 bits per heavy atom. The van der Waals surface area contributed by atoms with Crippen molar-refractivity contribution in [1.29, 1.82) is 0 Å². The average molecular weight is 228 g/mol. The Morgan fingerprint density at radius 2 is 1.81 bits per heavy atom. The number of hydrogen-bond donors (Lipinski definition) is 2. The Balaban J connectivity index is 3.74. The molecule has 0 saturated heterocycles. The summed E-state index contributed by atoms with van der Waals surface area (Å²) in [5.74, 6) is 1.73. The highest BCUT2D eigenvalue weighted by Crippen LogP contribution is 2.13. The van der Waals surface area contributed by atoms with E-state index in [2.05, 4.69) is 33.0 Å². The first-order valence-corrected chi connectivity index (χ1v) is 6.42. The van der Waals surface area contributed by atoms with Crippen LogP contribution < -0.4 is 11.1 Å². The molecule has 0 radical (unpaired) electrons. The van der Waals surface area contributed by atoms with Crippen LogP contribution in [0, 0.1) is 17.8 Å². The van der Waals surface area contributed by atoms with Gasteiger partial charge in [0.1, 0.15) is 0 Å². The third-order valence-electron chi connectivity index (χ3n) is 2.66. The molecule has 0 aromatic carbocycles. The van der Waals surface area contributed by atoms with Crippen LogP contribution in [0.2, 0.25) is 0 Å². The zero-order chi connectivity index (χ0) is 12.6. The summed E-state index contributed by atoms with van der Waals surface area (Å²) in [6.45, 7) is 10.0. The molecule has 1 atom stereocenters. The van der Waals surface area contributed by atoms with Crippen molar-refractivity contribution >= 4 is 5.91 Å². The second-order valence-corrected chi connectivity index (χ2v) is 5.47. The lowest BCUT2D eigenvalue weighted by atomic mass is 9.94. The lowest BCUT2D eigenvalue weighted by Gasteiger charge is -2.16. The second kappa shape index (κ2) is 8.57. The van der Waals surface area contributed by atoms with Crippen LogP contribution in [-0.4, -0.2) is 19.0 Å². The van der Waals surface area contributed by atoms with Gasteiger partial charge in [-0.2, -0.15) is 0 Å². The molecule has 16 heavy (non-hydrogen) atoms. The van der Waals surface area contributed by atoms with Crippen LogP contribution in [0.1, 0.15) is 47.0 Å². The van der Waals surface area contributed by atoms with Gasteiger partial charge in [-0.25, -0.2) is 0 Å². The summed E-state index contributed by atoms with van der Waals surface area (Å²) in [6, 6.07) is 0. The molecule has 0 aliphatic heterocycles. The van der Waals surface area contributed by atoms with E-state index in [1.807, 2.05) is 0 Å². The van der Waals surface area contributed by atoms with Crippen LogP contribution in [0.15, 0.2) is 0 Å². The van der Waals surface area contributed by atoms with Gasteiger partial charge in [-0.15, -0.1) is 0 Å². The fraction of sp³-hybridized carbons (Fsp3) is 0.923. The summed E-state index contributed by atoms with van der Waals surface area (Å²) < 4.78 is 0. The maximum absolute atomic E-state index is 11.6. The van der Waals surface area contributed by atoms with Gasteiger partial charge in [-0.05, 0) is 37.1 Å². The lowest BCUT2D eigenvalue weighted by Crippen LogP contribution is -2.30. The van der Waals surface area contributed by atoms with E-state index in [4.69, 9.17) is 5.73 Å². The van der Waals surface area contributed by atoms with E-state index < -0.39 is 0 Å². The van der Waals surface area contributed by atoms with Gasteiger partial charge >= 0.3 is 0 Å². The predicted octanol–water partition coefficient (Wildman–Crippen LogP) is 2.16. The topological polar surface area (TPSA) is 55.1 Å². The zero-order valence-electron chi connectivity index (χ0n) is 11.3. The van der Waals surface area contributed by atoms with Crippen molar-refractivity contribution in [3.8, 4) is 0 Å². The molecule has 0 fully saturated rings. The third-order valence-corrected chi connectivity index (χ3v) is 2.66. The van der Waals surface area contributed by atoms with Crippen LogP contribution in [0.4, 0.5) is 0 Å². The predicted molar refractivity (Wildman–Crippen MR) is 69.1 cm³/mol. The smallest absolute Gasteiger partial charge is 0.220 e. The van der Waals surface area contributed by atoms with Gasteiger partial charge in [-0.3, -0.25) is 4.79 Å². The molecule has 0 aliphatic rings. The zero-order valence-corrected chi connectivity index (χ0v) is 11.3. The molecular weight excluding hydrogens is 200 g/mol. The molecule has 0 unspecified atom stereocenters.